The van der Waals surface area contributed by atoms with Crippen LogP contribution >= 0.6 is 0 Å². The molecule has 0 aromatic heterocycles. The van der Waals surface area contributed by atoms with Gasteiger partial charge in [0.1, 0.15) is 0 Å². The zero-order chi connectivity index (χ0) is 17.1. The van der Waals surface area contributed by atoms with Crippen LogP contribution in [0.3, 0.4) is 0 Å². The molecule has 0 bridgehead atoms. The van der Waals surface area contributed by atoms with Crippen LogP contribution < -0.4 is 0 Å². The van der Waals surface area contributed by atoms with Crippen molar-refractivity contribution < 1.29 is 20.4 Å². The first-order valence-electron chi connectivity index (χ1n) is 9.13. The van der Waals surface area contributed by atoms with Crippen molar-refractivity contribution in [3.8, 4) is 0 Å². The summed E-state index contributed by atoms with van der Waals surface area (Å²) in [6.45, 7) is 11.2. The lowest BCUT2D eigenvalue weighted by Crippen LogP contribution is -2.37. The van der Waals surface area contributed by atoms with Gasteiger partial charge in [-0.1, -0.05) is 0 Å². The second-order valence-electron chi connectivity index (χ2n) is 7.47. The summed E-state index contributed by atoms with van der Waals surface area (Å²) >= 11 is 0. The first-order chi connectivity index (χ1) is 11.5. The van der Waals surface area contributed by atoms with E-state index in [2.05, 4.69) is 19.6 Å². The molecule has 24 heavy (non-hydrogen) atoms. The lowest BCUT2D eigenvalue weighted by atomic mass is 10.2. The van der Waals surface area contributed by atoms with Crippen LogP contribution in [0.1, 0.15) is 0 Å². The molecule has 0 radical (unpaired) electrons. The van der Waals surface area contributed by atoms with Crippen LogP contribution in [0, 0.1) is 0 Å². The predicted molar refractivity (Wildman–Crippen MR) is 89.8 cm³/mol. The highest BCUT2D eigenvalue weighted by Crippen LogP contribution is 2.11. The fraction of sp³-hybridized carbons (Fsp3) is 1.00. The summed E-state index contributed by atoms with van der Waals surface area (Å²) in [6, 6.07) is 0. The van der Waals surface area contributed by atoms with Gasteiger partial charge in [-0.25, -0.2) is 0 Å². The average Bonchev–Trinajstić information content (AvgIpc) is 3.30. The number of rotatable bonds is 10. The molecule has 4 aliphatic heterocycles. The summed E-state index contributed by atoms with van der Waals surface area (Å²) < 4.78 is 0. The molecule has 0 aromatic rings. The fourth-order valence-corrected chi connectivity index (χ4v) is 2.56. The van der Waals surface area contributed by atoms with Crippen LogP contribution in [-0.4, -0.2) is 143 Å². The third-order valence-corrected chi connectivity index (χ3v) is 4.83. The monoisotopic (exact) mass is 344 g/mol. The number of aliphatic hydroxyl groups excluding tert-OH is 4. The molecule has 4 unspecified atom stereocenters. The van der Waals surface area contributed by atoms with E-state index in [-0.39, 0.29) is 0 Å². The van der Waals surface area contributed by atoms with Gasteiger partial charge in [0.25, 0.3) is 0 Å². The molecule has 4 rings (SSSR count). The number of nitrogens with zero attached hydrogens (tertiary/aromatic N) is 4. The van der Waals surface area contributed by atoms with E-state index in [0.29, 0.717) is 26.2 Å². The van der Waals surface area contributed by atoms with E-state index < -0.39 is 24.4 Å². The highest BCUT2D eigenvalue weighted by atomic mass is 16.3. The van der Waals surface area contributed by atoms with Gasteiger partial charge >= 0.3 is 0 Å². The molecule has 0 spiro atoms. The molecule has 0 saturated carbocycles. The summed E-state index contributed by atoms with van der Waals surface area (Å²) in [6.07, 6.45) is -2.25. The Morgan fingerprint density at radius 2 is 0.583 bits per heavy atom. The molecule has 0 amide bonds. The van der Waals surface area contributed by atoms with Crippen LogP contribution in [0.15, 0.2) is 0 Å². The SMILES string of the molecule is OC(CN1CC1)C(O)CN1CC1.OC(CN1CC1)C(O)CN1CC1. The van der Waals surface area contributed by atoms with Gasteiger partial charge in [-0.2, -0.15) is 0 Å². The van der Waals surface area contributed by atoms with Gasteiger partial charge in [0.15, 0.2) is 0 Å². The first kappa shape index (κ1) is 18.5. The van der Waals surface area contributed by atoms with Crippen LogP contribution in [0.2, 0.25) is 0 Å². The van der Waals surface area contributed by atoms with E-state index in [0.717, 1.165) is 52.4 Å². The van der Waals surface area contributed by atoms with Crippen molar-refractivity contribution in [2.75, 3.05) is 78.5 Å². The molecule has 8 nitrogen and oxygen atoms in total. The number of aliphatic hydroxyl groups is 4. The Morgan fingerprint density at radius 3 is 0.708 bits per heavy atom. The summed E-state index contributed by atoms with van der Waals surface area (Å²) in [4.78, 5) is 8.48. The average molecular weight is 344 g/mol. The standard InChI is InChI=1S/2C8H16N2O2/c2*11-7(5-9-1-2-9)8(12)6-10-3-4-10/h2*7-8,11-12H,1-6H2. The highest BCUT2D eigenvalue weighted by molar-refractivity contribution is 4.84. The lowest BCUT2D eigenvalue weighted by Gasteiger charge is -2.18. The smallest absolute Gasteiger partial charge is 0.0938 e. The van der Waals surface area contributed by atoms with Crippen molar-refractivity contribution in [2.45, 2.75) is 24.4 Å². The molecule has 4 N–H and O–H groups in total. The number of hydrogen-bond donors (Lipinski definition) is 4. The van der Waals surface area contributed by atoms with E-state index in [1.165, 1.54) is 0 Å². The predicted octanol–water partition coefficient (Wildman–Crippen LogP) is -3.32. The molecule has 140 valence electrons. The van der Waals surface area contributed by atoms with Crippen molar-refractivity contribution in [2.24, 2.45) is 0 Å². The summed E-state index contributed by atoms with van der Waals surface area (Å²) in [5, 5.41) is 37.9. The van der Waals surface area contributed by atoms with Gasteiger partial charge < -0.3 is 20.4 Å². The topological polar surface area (TPSA) is 93.0 Å². The highest BCUT2D eigenvalue weighted by Gasteiger charge is 2.29. The summed E-state index contributed by atoms with van der Waals surface area (Å²) in [5.74, 6) is 0. The maximum Gasteiger partial charge on any atom is 0.0938 e. The van der Waals surface area contributed by atoms with Crippen molar-refractivity contribution in [1.29, 1.82) is 0 Å². The molecule has 0 aromatic carbocycles. The second-order valence-corrected chi connectivity index (χ2v) is 7.47. The minimum absolute atomic E-state index is 0.562. The lowest BCUT2D eigenvalue weighted by molar-refractivity contribution is 0.00550. The summed E-state index contributed by atoms with van der Waals surface area (Å²) in [5.41, 5.74) is 0. The maximum atomic E-state index is 9.49. The molecule has 4 saturated heterocycles. The Hall–Kier alpha value is -0.320. The van der Waals surface area contributed by atoms with Crippen LogP contribution in [0.4, 0.5) is 0 Å². The van der Waals surface area contributed by atoms with Crippen molar-refractivity contribution in [3.63, 3.8) is 0 Å². The Balaban J connectivity index is 0.000000141. The van der Waals surface area contributed by atoms with E-state index in [4.69, 9.17) is 0 Å². The van der Waals surface area contributed by atoms with Gasteiger partial charge in [0.05, 0.1) is 24.4 Å². The van der Waals surface area contributed by atoms with E-state index >= 15 is 0 Å². The van der Waals surface area contributed by atoms with Crippen molar-refractivity contribution >= 4 is 0 Å². The minimum atomic E-state index is -0.562. The number of hydrogen-bond acceptors (Lipinski definition) is 8. The quantitative estimate of drug-likeness (QED) is 0.306. The molecule has 4 fully saturated rings. The number of β-amino-alcohol motifs (C(OH)–C–C–N with tert-alkyl or cyclic N) is 4. The van der Waals surface area contributed by atoms with Gasteiger partial charge in [-0.15, -0.1) is 0 Å². The summed E-state index contributed by atoms with van der Waals surface area (Å²) in [7, 11) is 0. The Bertz CT molecular complexity index is 314. The normalized spacial score (nSPS) is 28.5. The van der Waals surface area contributed by atoms with Crippen molar-refractivity contribution in [1.82, 2.24) is 19.6 Å². The Kier molecular flexibility index (Phi) is 6.44. The fourth-order valence-electron chi connectivity index (χ4n) is 2.56. The largest absolute Gasteiger partial charge is 0.389 e. The van der Waals surface area contributed by atoms with E-state index in [1.54, 1.807) is 0 Å². The van der Waals surface area contributed by atoms with Crippen LogP contribution in [-0.2, 0) is 0 Å². The van der Waals surface area contributed by atoms with Gasteiger partial charge in [0.2, 0.25) is 0 Å². The molecular weight excluding hydrogens is 312 g/mol. The third-order valence-electron chi connectivity index (χ3n) is 4.83. The Morgan fingerprint density at radius 1 is 0.417 bits per heavy atom. The molecule has 4 heterocycles. The molecule has 8 heteroatoms. The van der Waals surface area contributed by atoms with Crippen molar-refractivity contribution in [3.05, 3.63) is 0 Å². The molecule has 4 aliphatic rings. The second kappa shape index (κ2) is 8.37. The van der Waals surface area contributed by atoms with Crippen LogP contribution in [0.25, 0.3) is 0 Å². The first-order valence-corrected chi connectivity index (χ1v) is 9.13. The zero-order valence-electron chi connectivity index (χ0n) is 14.4. The van der Waals surface area contributed by atoms with E-state index in [9.17, 15) is 20.4 Å². The van der Waals surface area contributed by atoms with Gasteiger partial charge in [-0.3, -0.25) is 19.6 Å². The minimum Gasteiger partial charge on any atom is -0.389 e. The van der Waals surface area contributed by atoms with Gasteiger partial charge in [-0.05, 0) is 0 Å². The maximum absolute atomic E-state index is 9.49. The van der Waals surface area contributed by atoms with E-state index in [1.807, 2.05) is 0 Å². The molecule has 0 aliphatic carbocycles. The third kappa shape index (κ3) is 7.28. The van der Waals surface area contributed by atoms with Crippen LogP contribution in [0.5, 0.6) is 0 Å². The molecule has 4 atom stereocenters. The van der Waals surface area contributed by atoms with Gasteiger partial charge in [0, 0.05) is 78.5 Å². The molecular formula is C16H32N4O4. The zero-order valence-corrected chi connectivity index (χ0v) is 14.4. The Labute approximate surface area is 143 Å².